The van der Waals surface area contributed by atoms with Crippen LogP contribution in [0.15, 0.2) is 53.1 Å². The smallest absolute Gasteiger partial charge is 0.125 e. The second-order valence-electron chi connectivity index (χ2n) is 4.56. The molecule has 0 saturated heterocycles. The maximum Gasteiger partial charge on any atom is 0.125 e. The molecular formula is C16H16N2O. The van der Waals surface area contributed by atoms with Gasteiger partial charge in [0, 0.05) is 23.6 Å². The molecular weight excluding hydrogens is 236 g/mol. The lowest BCUT2D eigenvalue weighted by atomic mass is 10.0. The number of pyridine rings is 1. The van der Waals surface area contributed by atoms with Crippen LogP contribution >= 0.6 is 0 Å². The van der Waals surface area contributed by atoms with E-state index in [0.29, 0.717) is 0 Å². The van der Waals surface area contributed by atoms with Gasteiger partial charge in [0.1, 0.15) is 11.5 Å². The van der Waals surface area contributed by atoms with Crippen molar-refractivity contribution in [3.8, 4) is 0 Å². The third kappa shape index (κ3) is 2.13. The summed E-state index contributed by atoms with van der Waals surface area (Å²) in [5.41, 5.74) is 8.25. The first-order chi connectivity index (χ1) is 9.29. The molecule has 0 saturated carbocycles. The lowest BCUT2D eigenvalue weighted by Gasteiger charge is -2.11. The highest BCUT2D eigenvalue weighted by atomic mass is 16.3. The molecule has 1 unspecified atom stereocenters. The molecule has 3 aromatic rings. The maximum atomic E-state index is 6.32. The van der Waals surface area contributed by atoms with Crippen molar-refractivity contribution in [2.24, 2.45) is 5.73 Å². The van der Waals surface area contributed by atoms with Gasteiger partial charge in [0.25, 0.3) is 0 Å². The summed E-state index contributed by atoms with van der Waals surface area (Å²) in [5.74, 6) is 1.74. The maximum absolute atomic E-state index is 6.32. The first-order valence-corrected chi connectivity index (χ1v) is 6.47. The van der Waals surface area contributed by atoms with Crippen molar-refractivity contribution < 1.29 is 4.42 Å². The fourth-order valence-corrected chi connectivity index (χ4v) is 2.28. The van der Waals surface area contributed by atoms with Gasteiger partial charge in [-0.2, -0.15) is 0 Å². The molecule has 0 aliphatic heterocycles. The molecule has 0 radical (unpaired) electrons. The number of benzene rings is 1. The van der Waals surface area contributed by atoms with Crippen LogP contribution in [-0.4, -0.2) is 4.98 Å². The molecule has 2 N–H and O–H groups in total. The van der Waals surface area contributed by atoms with Crippen LogP contribution in [-0.2, 0) is 6.42 Å². The first kappa shape index (κ1) is 11.9. The van der Waals surface area contributed by atoms with Crippen molar-refractivity contribution >= 4 is 10.9 Å². The molecule has 2 aromatic heterocycles. The summed E-state index contributed by atoms with van der Waals surface area (Å²) >= 11 is 0. The minimum absolute atomic E-state index is 0.279. The van der Waals surface area contributed by atoms with Gasteiger partial charge in [0.05, 0.1) is 11.6 Å². The number of aromatic nitrogens is 1. The molecule has 1 atom stereocenters. The number of hydrogen-bond donors (Lipinski definition) is 1. The molecule has 1 aromatic carbocycles. The summed E-state index contributed by atoms with van der Waals surface area (Å²) < 4.78 is 5.75. The van der Waals surface area contributed by atoms with Crippen LogP contribution in [0.4, 0.5) is 0 Å². The van der Waals surface area contributed by atoms with E-state index in [1.54, 1.807) is 6.20 Å². The largest absolute Gasteiger partial charge is 0.464 e. The molecule has 0 amide bonds. The minimum atomic E-state index is -0.279. The Labute approximate surface area is 112 Å². The Bertz CT molecular complexity index is 697. The van der Waals surface area contributed by atoms with Crippen LogP contribution in [0.25, 0.3) is 10.9 Å². The van der Waals surface area contributed by atoms with Crippen LogP contribution in [0.3, 0.4) is 0 Å². The van der Waals surface area contributed by atoms with Gasteiger partial charge in [0.15, 0.2) is 0 Å². The molecule has 0 fully saturated rings. The number of rotatable bonds is 3. The first-order valence-electron chi connectivity index (χ1n) is 6.47. The topological polar surface area (TPSA) is 52.0 Å². The lowest BCUT2D eigenvalue weighted by molar-refractivity contribution is 0.454. The number of fused-ring (bicyclic) bond motifs is 1. The van der Waals surface area contributed by atoms with Crippen molar-refractivity contribution in [3.63, 3.8) is 0 Å². The molecule has 3 heteroatoms. The number of para-hydroxylation sites is 1. The van der Waals surface area contributed by atoms with Gasteiger partial charge < -0.3 is 10.2 Å². The average molecular weight is 252 g/mol. The third-order valence-corrected chi connectivity index (χ3v) is 3.34. The number of nitrogens with zero attached hydrogens (tertiary/aromatic N) is 1. The SMILES string of the molecule is CCc1ccc(C(N)c2cccc3cccnc23)o1. The van der Waals surface area contributed by atoms with Gasteiger partial charge >= 0.3 is 0 Å². The van der Waals surface area contributed by atoms with Gasteiger partial charge in [0.2, 0.25) is 0 Å². The standard InChI is InChI=1S/C16H16N2O/c1-2-12-8-9-14(19-12)15(17)13-7-3-5-11-6-4-10-18-16(11)13/h3-10,15H,2,17H2,1H3. The Kier molecular flexibility index (Phi) is 3.05. The number of nitrogens with two attached hydrogens (primary N) is 1. The number of hydrogen-bond acceptors (Lipinski definition) is 3. The van der Waals surface area contributed by atoms with E-state index in [4.69, 9.17) is 10.2 Å². The highest BCUT2D eigenvalue weighted by molar-refractivity contribution is 5.82. The van der Waals surface area contributed by atoms with Gasteiger partial charge in [-0.3, -0.25) is 4.98 Å². The van der Waals surface area contributed by atoms with Crippen molar-refractivity contribution in [1.82, 2.24) is 4.98 Å². The molecule has 0 spiro atoms. The zero-order valence-corrected chi connectivity index (χ0v) is 10.8. The monoisotopic (exact) mass is 252 g/mol. The Morgan fingerprint density at radius 2 is 2.00 bits per heavy atom. The van der Waals surface area contributed by atoms with Crippen molar-refractivity contribution in [2.75, 3.05) is 0 Å². The molecule has 0 aliphatic rings. The zero-order valence-electron chi connectivity index (χ0n) is 10.8. The summed E-state index contributed by atoms with van der Waals surface area (Å²) in [6.45, 7) is 2.06. The van der Waals surface area contributed by atoms with Crippen LogP contribution in [0, 0.1) is 0 Å². The fourth-order valence-electron chi connectivity index (χ4n) is 2.28. The minimum Gasteiger partial charge on any atom is -0.464 e. The highest BCUT2D eigenvalue weighted by Gasteiger charge is 2.16. The lowest BCUT2D eigenvalue weighted by Crippen LogP contribution is -2.11. The molecule has 96 valence electrons. The fraction of sp³-hybridized carbons (Fsp3) is 0.188. The van der Waals surface area contributed by atoms with E-state index in [0.717, 1.165) is 34.4 Å². The van der Waals surface area contributed by atoms with E-state index in [1.165, 1.54) is 0 Å². The van der Waals surface area contributed by atoms with Crippen LogP contribution < -0.4 is 5.73 Å². The summed E-state index contributed by atoms with van der Waals surface area (Å²) in [7, 11) is 0. The van der Waals surface area contributed by atoms with E-state index in [2.05, 4.69) is 11.9 Å². The molecule has 0 bridgehead atoms. The van der Waals surface area contributed by atoms with E-state index in [-0.39, 0.29) is 6.04 Å². The average Bonchev–Trinajstić information content (AvgIpc) is 2.95. The van der Waals surface area contributed by atoms with E-state index >= 15 is 0 Å². The molecule has 19 heavy (non-hydrogen) atoms. The second kappa shape index (κ2) is 4.86. The normalized spacial score (nSPS) is 12.7. The Morgan fingerprint density at radius 1 is 1.16 bits per heavy atom. The quantitative estimate of drug-likeness (QED) is 0.776. The number of aryl methyl sites for hydroxylation is 1. The highest BCUT2D eigenvalue weighted by Crippen LogP contribution is 2.27. The second-order valence-corrected chi connectivity index (χ2v) is 4.56. The van der Waals surface area contributed by atoms with E-state index < -0.39 is 0 Å². The van der Waals surface area contributed by atoms with Crippen LogP contribution in [0.1, 0.15) is 30.0 Å². The van der Waals surface area contributed by atoms with E-state index in [1.807, 2.05) is 42.5 Å². The van der Waals surface area contributed by atoms with Gasteiger partial charge in [-0.1, -0.05) is 31.2 Å². The molecule has 2 heterocycles. The van der Waals surface area contributed by atoms with Crippen molar-refractivity contribution in [1.29, 1.82) is 0 Å². The van der Waals surface area contributed by atoms with Crippen LogP contribution in [0.5, 0.6) is 0 Å². The summed E-state index contributed by atoms with van der Waals surface area (Å²) in [4.78, 5) is 4.43. The predicted molar refractivity (Wildman–Crippen MR) is 75.9 cm³/mol. The zero-order chi connectivity index (χ0) is 13.2. The summed E-state index contributed by atoms with van der Waals surface area (Å²) in [6.07, 6.45) is 2.67. The van der Waals surface area contributed by atoms with Crippen LogP contribution in [0.2, 0.25) is 0 Å². The summed E-state index contributed by atoms with van der Waals surface area (Å²) in [5, 5.41) is 1.10. The molecule has 3 rings (SSSR count). The van der Waals surface area contributed by atoms with E-state index in [9.17, 15) is 0 Å². The van der Waals surface area contributed by atoms with Crippen molar-refractivity contribution in [2.45, 2.75) is 19.4 Å². The van der Waals surface area contributed by atoms with Crippen molar-refractivity contribution in [3.05, 3.63) is 65.7 Å². The third-order valence-electron chi connectivity index (χ3n) is 3.34. The Morgan fingerprint density at radius 3 is 2.79 bits per heavy atom. The molecule has 3 nitrogen and oxygen atoms in total. The van der Waals surface area contributed by atoms with Gasteiger partial charge in [-0.15, -0.1) is 0 Å². The Balaban J connectivity index is 2.08. The van der Waals surface area contributed by atoms with Gasteiger partial charge in [-0.25, -0.2) is 0 Å². The van der Waals surface area contributed by atoms with Gasteiger partial charge in [-0.05, 0) is 18.2 Å². The number of furan rings is 1. The Hall–Kier alpha value is -2.13. The predicted octanol–water partition coefficient (Wildman–Crippen LogP) is 3.44. The summed E-state index contributed by atoms with van der Waals surface area (Å²) in [6, 6.07) is 13.7. The molecule has 0 aliphatic carbocycles.